The van der Waals surface area contributed by atoms with Crippen molar-refractivity contribution in [3.8, 4) is 22.3 Å². The molecule has 0 amide bonds. The third-order valence-electron chi connectivity index (χ3n) is 8.89. The van der Waals surface area contributed by atoms with Gasteiger partial charge in [-0.05, 0) is 95.0 Å². The van der Waals surface area contributed by atoms with Gasteiger partial charge in [0.15, 0.2) is 0 Å². The van der Waals surface area contributed by atoms with E-state index in [1.165, 1.54) is 0 Å². The molecule has 7 aromatic carbocycles. The summed E-state index contributed by atoms with van der Waals surface area (Å²) in [5, 5.41) is 25.4. The van der Waals surface area contributed by atoms with Crippen molar-refractivity contribution in [3.05, 3.63) is 170 Å². The van der Waals surface area contributed by atoms with E-state index in [4.69, 9.17) is 0 Å². The minimum Gasteiger partial charge on any atom is -0.349 e. The van der Waals surface area contributed by atoms with Gasteiger partial charge in [0.25, 0.3) is 0 Å². The predicted molar refractivity (Wildman–Crippen MR) is 201 cm³/mol. The molecule has 2 aromatic heterocycles. The third kappa shape index (κ3) is 5.12. The topological polar surface area (TPSA) is 87.9 Å². The Bertz CT molecular complexity index is 2210. The Hall–Kier alpha value is -7.06. The maximum Gasteiger partial charge on any atom is 0.121 e. The lowest BCUT2D eigenvalue weighted by molar-refractivity contribution is 0.940. The second-order valence-corrected chi connectivity index (χ2v) is 11.9. The average Bonchev–Trinajstić information content (AvgIpc) is 3.87. The molecule has 2 heterocycles. The Balaban J connectivity index is 1.12. The first-order valence-electron chi connectivity index (χ1n) is 16.4. The number of nitrogens with zero attached hydrogens (tertiary/aromatic N) is 7. The quantitative estimate of drug-likeness (QED) is 0.176. The van der Waals surface area contributed by atoms with Crippen LogP contribution in [0.2, 0.25) is 0 Å². The monoisotopic (exact) mass is 645 g/mol. The fraction of sp³-hybridized carbons (Fsp3) is 0. The fourth-order valence-electron chi connectivity index (χ4n) is 6.65. The number of hydrogen-bond acceptors (Lipinski definition) is 6. The molecule has 8 heteroatoms. The molecule has 238 valence electrons. The molecule has 8 nitrogen and oxygen atoms in total. The molecule has 50 heavy (non-hydrogen) atoms. The summed E-state index contributed by atoms with van der Waals surface area (Å²) in [7, 11) is 0. The molecule has 0 bridgehead atoms. The summed E-state index contributed by atoms with van der Waals surface area (Å²) in [6, 6.07) is 58.3. The number of H-pyrrole nitrogens is 1. The summed E-state index contributed by atoms with van der Waals surface area (Å²) in [5.41, 5.74) is 12.7. The zero-order valence-corrected chi connectivity index (χ0v) is 26.8. The lowest BCUT2D eigenvalue weighted by Crippen LogP contribution is -2.09. The first kappa shape index (κ1) is 29.1. The Labute approximate surface area is 288 Å². The van der Waals surface area contributed by atoms with Crippen molar-refractivity contribution in [2.24, 2.45) is 0 Å². The van der Waals surface area contributed by atoms with Crippen molar-refractivity contribution in [2.45, 2.75) is 0 Å². The van der Waals surface area contributed by atoms with Gasteiger partial charge in [-0.2, -0.15) is 15.4 Å². The average molecular weight is 646 g/mol. The minimum atomic E-state index is 0.677. The van der Waals surface area contributed by atoms with Crippen LogP contribution < -0.4 is 14.9 Å². The molecule has 0 fully saturated rings. The zero-order chi connectivity index (χ0) is 33.3. The maximum atomic E-state index is 4.64. The number of para-hydroxylation sites is 4. The van der Waals surface area contributed by atoms with Crippen LogP contribution in [0.4, 0.5) is 34.1 Å². The van der Waals surface area contributed by atoms with Crippen LogP contribution in [0.15, 0.2) is 170 Å². The van der Waals surface area contributed by atoms with Gasteiger partial charge in [0.1, 0.15) is 11.0 Å². The van der Waals surface area contributed by atoms with E-state index in [1.54, 1.807) is 0 Å². The van der Waals surface area contributed by atoms with Gasteiger partial charge in [-0.1, -0.05) is 97.1 Å². The number of nitrogens with one attached hydrogen (secondary N) is 1. The molecular formula is C42H29N8-. The van der Waals surface area contributed by atoms with Crippen LogP contribution in [0.3, 0.4) is 0 Å². The number of rotatable bonds is 8. The van der Waals surface area contributed by atoms with Gasteiger partial charge in [-0.15, -0.1) is 0 Å². The van der Waals surface area contributed by atoms with Crippen LogP contribution in [0, 0.1) is 0 Å². The summed E-state index contributed by atoms with van der Waals surface area (Å²) in [6.45, 7) is 0. The van der Waals surface area contributed by atoms with Gasteiger partial charge in [-0.3, -0.25) is 5.21 Å². The third-order valence-corrected chi connectivity index (χ3v) is 8.89. The first-order valence-corrected chi connectivity index (χ1v) is 16.4. The second-order valence-electron chi connectivity index (χ2n) is 11.9. The summed E-state index contributed by atoms with van der Waals surface area (Å²) in [6.07, 6.45) is 0. The smallest absolute Gasteiger partial charge is 0.121 e. The molecule has 0 radical (unpaired) electrons. The van der Waals surface area contributed by atoms with E-state index in [0.29, 0.717) is 22.1 Å². The van der Waals surface area contributed by atoms with Crippen molar-refractivity contribution in [1.29, 1.82) is 0 Å². The highest BCUT2D eigenvalue weighted by molar-refractivity contribution is 6.16. The van der Waals surface area contributed by atoms with Crippen LogP contribution in [0.5, 0.6) is 0 Å². The molecule has 0 aliphatic heterocycles. The lowest BCUT2D eigenvalue weighted by atomic mass is 9.95. The molecule has 1 N–H and O–H groups in total. The Kier molecular flexibility index (Phi) is 7.29. The number of aromatic nitrogens is 6. The normalized spacial score (nSPS) is 11.2. The van der Waals surface area contributed by atoms with Crippen LogP contribution in [0.25, 0.3) is 44.3 Å². The number of hydrogen-bond donors (Lipinski definition) is 1. The molecular weight excluding hydrogens is 617 g/mol. The molecule has 0 spiro atoms. The largest absolute Gasteiger partial charge is 0.349 e. The first-order chi connectivity index (χ1) is 24.8. The van der Waals surface area contributed by atoms with Crippen molar-refractivity contribution in [2.75, 3.05) is 9.80 Å². The van der Waals surface area contributed by atoms with Gasteiger partial charge in [0.2, 0.25) is 0 Å². The Morgan fingerprint density at radius 2 is 0.740 bits per heavy atom. The Morgan fingerprint density at radius 3 is 1.16 bits per heavy atom. The van der Waals surface area contributed by atoms with Crippen LogP contribution in [0.1, 0.15) is 0 Å². The highest BCUT2D eigenvalue weighted by Crippen LogP contribution is 2.43. The van der Waals surface area contributed by atoms with E-state index in [0.717, 1.165) is 56.4 Å². The standard InChI is InChI=1S/C42H29N8/c1-5-13-31(14-6-1)49(32-15-7-2-8-16-32)35-25-21-29(22-26-35)37-39-41(45-47-43-39)38(42-40(37)44-48-46-42)30-23-27-36(28-24-30)50(33-17-9-3-10-18-33)34-19-11-4-12-20-34/h1-28H,(H-,43,44,45,46,47,48)/q-1. The van der Waals surface area contributed by atoms with Gasteiger partial charge < -0.3 is 20.0 Å². The molecule has 0 saturated carbocycles. The van der Waals surface area contributed by atoms with Gasteiger partial charge in [-0.25, -0.2) is 0 Å². The van der Waals surface area contributed by atoms with Crippen molar-refractivity contribution in [3.63, 3.8) is 0 Å². The zero-order valence-electron chi connectivity index (χ0n) is 26.8. The highest BCUT2D eigenvalue weighted by atomic mass is 15.3. The molecule has 0 unspecified atom stereocenters. The lowest BCUT2D eigenvalue weighted by Gasteiger charge is -2.26. The number of fused-ring (bicyclic) bond motifs is 2. The molecule has 9 aromatic rings. The molecule has 0 aliphatic carbocycles. The van der Waals surface area contributed by atoms with E-state index in [-0.39, 0.29) is 0 Å². The number of benzene rings is 7. The summed E-state index contributed by atoms with van der Waals surface area (Å²) < 4.78 is 0. The van der Waals surface area contributed by atoms with E-state index >= 15 is 0 Å². The fourth-order valence-corrected chi connectivity index (χ4v) is 6.65. The second kappa shape index (κ2) is 12.5. The minimum absolute atomic E-state index is 0.677. The van der Waals surface area contributed by atoms with Gasteiger partial charge in [0, 0.05) is 45.3 Å². The highest BCUT2D eigenvalue weighted by Gasteiger charge is 2.20. The van der Waals surface area contributed by atoms with Crippen LogP contribution >= 0.6 is 0 Å². The van der Waals surface area contributed by atoms with E-state index in [1.807, 2.05) is 24.3 Å². The predicted octanol–water partition coefficient (Wildman–Crippen LogP) is 10.1. The van der Waals surface area contributed by atoms with Gasteiger partial charge >= 0.3 is 0 Å². The SMILES string of the molecule is c1ccc(N(c2ccccc2)c2ccc(-c3c4n[nH]nc4c(-c4ccc(N(c5ccccc5)c5ccccc5)cc4)c4[n-]nnc34)cc2)cc1. The van der Waals surface area contributed by atoms with E-state index < -0.39 is 0 Å². The number of aromatic amines is 1. The van der Waals surface area contributed by atoms with E-state index in [9.17, 15) is 0 Å². The van der Waals surface area contributed by atoms with Crippen molar-refractivity contribution < 1.29 is 0 Å². The molecule has 9 rings (SSSR count). The molecule has 0 saturated heterocycles. The summed E-state index contributed by atoms with van der Waals surface area (Å²) in [4.78, 5) is 4.47. The van der Waals surface area contributed by atoms with E-state index in [2.05, 4.69) is 186 Å². The van der Waals surface area contributed by atoms with Gasteiger partial charge in [0.05, 0.1) is 0 Å². The number of anilines is 6. The van der Waals surface area contributed by atoms with Crippen molar-refractivity contribution in [1.82, 2.24) is 30.8 Å². The van der Waals surface area contributed by atoms with Crippen molar-refractivity contribution >= 4 is 56.2 Å². The van der Waals surface area contributed by atoms with Crippen LogP contribution in [-0.4, -0.2) is 25.7 Å². The summed E-state index contributed by atoms with van der Waals surface area (Å²) >= 11 is 0. The molecule has 0 aliphatic rings. The Morgan fingerprint density at radius 1 is 0.380 bits per heavy atom. The summed E-state index contributed by atoms with van der Waals surface area (Å²) in [5.74, 6) is 0. The molecule has 0 atom stereocenters. The maximum absolute atomic E-state index is 4.64. The van der Waals surface area contributed by atoms with Crippen LogP contribution in [-0.2, 0) is 0 Å².